The number of fused-ring (bicyclic) bond motifs is 1. The number of thioether (sulfide) groups is 1. The second kappa shape index (κ2) is 9.22. The van der Waals surface area contributed by atoms with Crippen LogP contribution >= 0.6 is 11.8 Å². The van der Waals surface area contributed by atoms with E-state index in [0.29, 0.717) is 40.1 Å². The van der Waals surface area contributed by atoms with Crippen molar-refractivity contribution in [2.75, 3.05) is 7.11 Å². The molecular formula is C22H21FN4O3S. The minimum Gasteiger partial charge on any atom is -0.497 e. The molecular weight excluding hydrogens is 419 g/mol. The average molecular weight is 441 g/mol. The third kappa shape index (κ3) is 4.56. The summed E-state index contributed by atoms with van der Waals surface area (Å²) in [6.07, 6.45) is 0. The molecule has 9 heteroatoms. The summed E-state index contributed by atoms with van der Waals surface area (Å²) in [5, 5.41) is 9.53. The zero-order valence-electron chi connectivity index (χ0n) is 17.1. The summed E-state index contributed by atoms with van der Waals surface area (Å²) in [6.45, 7) is 2.93. The van der Waals surface area contributed by atoms with Gasteiger partial charge in [0.2, 0.25) is 0 Å². The van der Waals surface area contributed by atoms with Crippen molar-refractivity contribution >= 4 is 22.7 Å². The molecule has 7 nitrogen and oxygen atoms in total. The Morgan fingerprint density at radius 2 is 1.90 bits per heavy atom. The van der Waals surface area contributed by atoms with Crippen LogP contribution in [0.4, 0.5) is 4.39 Å². The van der Waals surface area contributed by atoms with E-state index < -0.39 is 5.82 Å². The van der Waals surface area contributed by atoms with E-state index in [1.165, 1.54) is 30.0 Å². The minimum absolute atomic E-state index is 0.214. The molecule has 4 aromatic rings. The Morgan fingerprint density at radius 3 is 2.65 bits per heavy atom. The van der Waals surface area contributed by atoms with E-state index >= 15 is 0 Å². The van der Waals surface area contributed by atoms with Crippen LogP contribution in [-0.2, 0) is 18.9 Å². The van der Waals surface area contributed by atoms with Gasteiger partial charge in [-0.1, -0.05) is 17.8 Å². The third-order valence-electron chi connectivity index (χ3n) is 4.76. The van der Waals surface area contributed by atoms with Gasteiger partial charge in [0, 0.05) is 29.4 Å². The van der Waals surface area contributed by atoms with E-state index in [2.05, 4.69) is 15.2 Å². The number of nitrogens with zero attached hydrogens (tertiary/aromatic N) is 3. The second-order valence-corrected chi connectivity index (χ2v) is 7.66. The highest BCUT2D eigenvalue weighted by Crippen LogP contribution is 2.23. The number of pyridine rings is 1. The van der Waals surface area contributed by atoms with E-state index in [-0.39, 0.29) is 17.6 Å². The van der Waals surface area contributed by atoms with E-state index in [9.17, 15) is 9.18 Å². The Morgan fingerprint density at radius 1 is 1.13 bits per heavy atom. The van der Waals surface area contributed by atoms with Gasteiger partial charge in [-0.2, -0.15) is 0 Å². The first-order valence-electron chi connectivity index (χ1n) is 9.71. The number of nitrogens with one attached hydrogen (secondary N) is 1. The highest BCUT2D eigenvalue weighted by molar-refractivity contribution is 7.98. The summed E-state index contributed by atoms with van der Waals surface area (Å²) in [5.74, 6) is 2.14. The Labute approximate surface area is 182 Å². The number of halogens is 1. The van der Waals surface area contributed by atoms with Gasteiger partial charge in [-0.05, 0) is 43.3 Å². The number of aromatic nitrogens is 4. The lowest BCUT2D eigenvalue weighted by molar-refractivity contribution is 0.287. The van der Waals surface area contributed by atoms with Crippen LogP contribution < -0.4 is 14.9 Å². The molecule has 0 bridgehead atoms. The first kappa shape index (κ1) is 20.9. The fourth-order valence-corrected chi connectivity index (χ4v) is 4.11. The topological polar surface area (TPSA) is 82.0 Å². The van der Waals surface area contributed by atoms with Gasteiger partial charge in [0.15, 0.2) is 16.4 Å². The van der Waals surface area contributed by atoms with Gasteiger partial charge in [-0.25, -0.2) is 4.39 Å². The molecule has 0 fully saturated rings. The number of hydrogen-bond donors (Lipinski definition) is 1. The van der Waals surface area contributed by atoms with Crippen LogP contribution in [0.1, 0.15) is 18.4 Å². The van der Waals surface area contributed by atoms with Crippen LogP contribution in [0.5, 0.6) is 11.5 Å². The number of rotatable bonds is 8. The quantitative estimate of drug-likeness (QED) is 0.415. The molecule has 2 aromatic heterocycles. The molecule has 0 aliphatic carbocycles. The monoisotopic (exact) mass is 440 g/mol. The maximum atomic E-state index is 14.1. The van der Waals surface area contributed by atoms with E-state index in [0.717, 1.165) is 5.75 Å². The number of ether oxygens (including phenoxy) is 2. The zero-order valence-corrected chi connectivity index (χ0v) is 17.9. The van der Waals surface area contributed by atoms with Crippen LogP contribution in [0, 0.1) is 5.82 Å². The van der Waals surface area contributed by atoms with E-state index in [1.807, 2.05) is 35.8 Å². The van der Waals surface area contributed by atoms with Gasteiger partial charge in [0.05, 0.1) is 12.6 Å². The molecule has 0 amide bonds. The van der Waals surface area contributed by atoms with Crippen LogP contribution in [0.15, 0.2) is 58.5 Å². The average Bonchev–Trinajstić information content (AvgIpc) is 3.19. The number of para-hydroxylation sites is 1. The first-order valence-corrected chi connectivity index (χ1v) is 10.7. The van der Waals surface area contributed by atoms with E-state index in [4.69, 9.17) is 9.47 Å². The maximum Gasteiger partial charge on any atom is 0.191 e. The predicted octanol–water partition coefficient (Wildman–Crippen LogP) is 4.16. The van der Waals surface area contributed by atoms with Crippen LogP contribution in [0.3, 0.4) is 0 Å². The van der Waals surface area contributed by atoms with Crippen molar-refractivity contribution in [3.63, 3.8) is 0 Å². The molecule has 1 N–H and O–H groups in total. The lowest BCUT2D eigenvalue weighted by Gasteiger charge is -2.09. The number of hydrogen-bond acceptors (Lipinski definition) is 6. The summed E-state index contributed by atoms with van der Waals surface area (Å²) < 4.78 is 27.0. The molecule has 0 aliphatic heterocycles. The van der Waals surface area contributed by atoms with Gasteiger partial charge < -0.3 is 19.0 Å². The van der Waals surface area contributed by atoms with Gasteiger partial charge in [-0.15, -0.1) is 10.2 Å². The van der Waals surface area contributed by atoms with Crippen molar-refractivity contribution in [3.8, 4) is 11.5 Å². The van der Waals surface area contributed by atoms with Crippen molar-refractivity contribution in [1.29, 1.82) is 0 Å². The van der Waals surface area contributed by atoms with Crippen molar-refractivity contribution < 1.29 is 13.9 Å². The van der Waals surface area contributed by atoms with Crippen molar-refractivity contribution in [2.24, 2.45) is 0 Å². The fraction of sp³-hybridized carbons (Fsp3) is 0.227. The molecule has 31 heavy (non-hydrogen) atoms. The molecule has 0 atom stereocenters. The molecule has 160 valence electrons. The van der Waals surface area contributed by atoms with Crippen molar-refractivity contribution in [2.45, 2.75) is 31.0 Å². The number of aromatic amines is 1. The summed E-state index contributed by atoms with van der Waals surface area (Å²) in [7, 11) is 1.61. The third-order valence-corrected chi connectivity index (χ3v) is 5.78. The largest absolute Gasteiger partial charge is 0.497 e. The summed E-state index contributed by atoms with van der Waals surface area (Å²) in [4.78, 5) is 15.3. The van der Waals surface area contributed by atoms with Crippen LogP contribution in [0.25, 0.3) is 10.9 Å². The van der Waals surface area contributed by atoms with Gasteiger partial charge in [0.25, 0.3) is 0 Å². The van der Waals surface area contributed by atoms with Crippen LogP contribution in [-0.4, -0.2) is 26.9 Å². The molecule has 0 radical (unpaired) electrons. The highest BCUT2D eigenvalue weighted by Gasteiger charge is 2.13. The highest BCUT2D eigenvalue weighted by atomic mass is 32.2. The standard InChI is InChI=1S/C22H21FN4O3S/c1-3-27-20(12-30-16-9-7-15(29-2)8-10-16)25-26-22(27)31-13-14-11-19(28)17-5-4-6-18(23)21(17)24-14/h4-11H,3,12-13H2,1-2H3,(H,24,28). The van der Waals surface area contributed by atoms with E-state index in [1.54, 1.807) is 13.2 Å². The summed E-state index contributed by atoms with van der Waals surface area (Å²) >= 11 is 1.42. The van der Waals surface area contributed by atoms with Crippen molar-refractivity contribution in [3.05, 3.63) is 76.1 Å². The Hall–Kier alpha value is -3.33. The number of H-pyrrole nitrogens is 1. The number of benzene rings is 2. The van der Waals surface area contributed by atoms with Crippen LogP contribution in [0.2, 0.25) is 0 Å². The zero-order chi connectivity index (χ0) is 21.8. The Balaban J connectivity index is 1.47. The smallest absolute Gasteiger partial charge is 0.191 e. The molecule has 0 spiro atoms. The molecule has 2 heterocycles. The minimum atomic E-state index is -0.448. The second-order valence-electron chi connectivity index (χ2n) is 6.72. The number of methoxy groups -OCH3 is 1. The lowest BCUT2D eigenvalue weighted by Crippen LogP contribution is -2.08. The summed E-state index contributed by atoms with van der Waals surface area (Å²) in [6, 6.07) is 13.3. The van der Waals surface area contributed by atoms with Gasteiger partial charge >= 0.3 is 0 Å². The SMILES string of the molecule is CCn1c(COc2ccc(OC)cc2)nnc1SCc1cc(=O)c2cccc(F)c2[nH]1. The fourth-order valence-electron chi connectivity index (χ4n) is 3.18. The predicted molar refractivity (Wildman–Crippen MR) is 117 cm³/mol. The Kier molecular flexibility index (Phi) is 6.22. The molecule has 0 unspecified atom stereocenters. The van der Waals surface area contributed by atoms with Gasteiger partial charge in [0.1, 0.15) is 23.9 Å². The maximum absolute atomic E-state index is 14.1. The molecule has 2 aromatic carbocycles. The molecule has 4 rings (SSSR count). The normalized spacial score (nSPS) is 11.1. The van der Waals surface area contributed by atoms with Crippen molar-refractivity contribution in [1.82, 2.24) is 19.7 Å². The first-order chi connectivity index (χ1) is 15.1. The lowest BCUT2D eigenvalue weighted by atomic mass is 10.2. The molecule has 0 saturated carbocycles. The van der Waals surface area contributed by atoms with Gasteiger partial charge in [-0.3, -0.25) is 4.79 Å². The molecule has 0 aliphatic rings. The molecule has 0 saturated heterocycles. The summed E-state index contributed by atoms with van der Waals surface area (Å²) in [5.41, 5.74) is 0.625. The Bertz CT molecular complexity index is 1250.